The molecule has 2 heterocycles. The lowest BCUT2D eigenvalue weighted by molar-refractivity contribution is 0.129. The molecule has 1 saturated carbocycles. The summed E-state index contributed by atoms with van der Waals surface area (Å²) in [4.78, 5) is 7.38. The molecule has 1 N–H and O–H groups in total. The van der Waals surface area contributed by atoms with E-state index in [-0.39, 0.29) is 29.9 Å². The number of nitrogens with one attached hydrogen (secondary N) is 1. The summed E-state index contributed by atoms with van der Waals surface area (Å²) in [6.45, 7) is 10.7. The van der Waals surface area contributed by atoms with Crippen molar-refractivity contribution in [2.75, 3.05) is 37.7 Å². The second-order valence-electron chi connectivity index (χ2n) is 10.2. The average molecular weight is 526 g/mol. The Bertz CT molecular complexity index is 630. The fourth-order valence-corrected chi connectivity index (χ4v) is 7.17. The van der Waals surface area contributed by atoms with Crippen LogP contribution in [-0.2, 0) is 9.84 Å². The number of hydrogen-bond acceptors (Lipinski definition) is 3. The van der Waals surface area contributed by atoms with Crippen LogP contribution in [0.3, 0.4) is 0 Å². The second-order valence-corrected chi connectivity index (χ2v) is 12.4. The van der Waals surface area contributed by atoms with Crippen molar-refractivity contribution in [1.82, 2.24) is 10.2 Å². The Morgan fingerprint density at radius 1 is 1.14 bits per heavy atom. The average Bonchev–Trinajstić information content (AvgIpc) is 2.93. The summed E-state index contributed by atoms with van der Waals surface area (Å²) in [5, 5.41) is 3.69. The quantitative estimate of drug-likeness (QED) is 0.343. The van der Waals surface area contributed by atoms with Crippen LogP contribution in [0.15, 0.2) is 4.99 Å². The first-order chi connectivity index (χ1) is 12.7. The van der Waals surface area contributed by atoms with Crippen LogP contribution in [0.4, 0.5) is 0 Å². The summed E-state index contributed by atoms with van der Waals surface area (Å²) < 4.78 is 23.5. The van der Waals surface area contributed by atoms with E-state index in [9.17, 15) is 8.42 Å². The third-order valence-electron chi connectivity index (χ3n) is 6.45. The van der Waals surface area contributed by atoms with Crippen LogP contribution in [0, 0.1) is 23.2 Å². The number of aliphatic imine (C=N–C) groups is 1. The van der Waals surface area contributed by atoms with Crippen molar-refractivity contribution in [3.8, 4) is 0 Å². The molecule has 5 nitrogen and oxygen atoms in total. The number of nitrogens with zero attached hydrogens (tertiary/aromatic N) is 2. The van der Waals surface area contributed by atoms with Gasteiger partial charge in [-0.05, 0) is 48.9 Å². The maximum Gasteiger partial charge on any atom is 0.193 e. The van der Waals surface area contributed by atoms with Gasteiger partial charge in [-0.25, -0.2) is 8.42 Å². The van der Waals surface area contributed by atoms with Gasteiger partial charge in [0.05, 0.1) is 11.5 Å². The van der Waals surface area contributed by atoms with Crippen LogP contribution in [0.25, 0.3) is 0 Å². The fourth-order valence-electron chi connectivity index (χ4n) is 5.32. The number of sulfone groups is 1. The maximum atomic E-state index is 11.8. The highest BCUT2D eigenvalue weighted by atomic mass is 127. The zero-order chi connectivity index (χ0) is 19.5. The number of guanidine groups is 1. The lowest BCUT2D eigenvalue weighted by atomic mass is 9.79. The number of rotatable bonds is 4. The Morgan fingerprint density at radius 2 is 1.86 bits per heavy atom. The Morgan fingerprint density at radius 3 is 2.46 bits per heavy atom. The molecule has 0 amide bonds. The summed E-state index contributed by atoms with van der Waals surface area (Å²) in [7, 11) is -2.83. The van der Waals surface area contributed by atoms with Crippen molar-refractivity contribution < 1.29 is 8.42 Å². The molecule has 1 aliphatic carbocycles. The first-order valence-corrected chi connectivity index (χ1v) is 12.8. The standard InChI is InChI=1S/C21H39N3O2S.HI/c1-17-11-21(2,3)16-24(14-17)20(22-12-18-7-5-4-6-8-18)23-13-19-9-10-27(25,26)15-19;/h17-19H,4-16H2,1-3H3,(H,22,23);1H. The van der Waals surface area contributed by atoms with Crippen molar-refractivity contribution in [3.63, 3.8) is 0 Å². The summed E-state index contributed by atoms with van der Waals surface area (Å²) in [6, 6.07) is 0. The monoisotopic (exact) mass is 525 g/mol. The summed E-state index contributed by atoms with van der Waals surface area (Å²) in [5.41, 5.74) is 0.293. The molecule has 2 atom stereocenters. The van der Waals surface area contributed by atoms with Crippen molar-refractivity contribution in [2.45, 2.75) is 65.7 Å². The summed E-state index contributed by atoms with van der Waals surface area (Å²) in [6.07, 6.45) is 8.75. The number of piperidine rings is 1. The first-order valence-electron chi connectivity index (χ1n) is 11.0. The Hall–Kier alpha value is -0.0500. The van der Waals surface area contributed by atoms with Crippen molar-refractivity contribution in [3.05, 3.63) is 0 Å². The highest BCUT2D eigenvalue weighted by Crippen LogP contribution is 2.32. The van der Waals surface area contributed by atoms with Gasteiger partial charge in [-0.1, -0.05) is 40.0 Å². The zero-order valence-electron chi connectivity index (χ0n) is 18.0. The van der Waals surface area contributed by atoms with Gasteiger partial charge in [-0.15, -0.1) is 24.0 Å². The minimum atomic E-state index is -2.83. The van der Waals surface area contributed by atoms with E-state index in [1.54, 1.807) is 0 Å². The molecular weight excluding hydrogens is 485 g/mol. The Balaban J connectivity index is 0.00000280. The minimum absolute atomic E-state index is 0. The van der Waals surface area contributed by atoms with Crippen LogP contribution in [0.5, 0.6) is 0 Å². The van der Waals surface area contributed by atoms with Gasteiger partial charge in [0, 0.05) is 26.2 Å². The van der Waals surface area contributed by atoms with Gasteiger partial charge >= 0.3 is 0 Å². The Kier molecular flexibility index (Phi) is 8.92. The topological polar surface area (TPSA) is 61.8 Å². The van der Waals surface area contributed by atoms with E-state index in [1.165, 1.54) is 38.5 Å². The highest BCUT2D eigenvalue weighted by molar-refractivity contribution is 14.0. The molecule has 0 bridgehead atoms. The molecule has 0 spiro atoms. The predicted molar refractivity (Wildman–Crippen MR) is 128 cm³/mol. The van der Waals surface area contributed by atoms with Crippen LogP contribution in [0.1, 0.15) is 65.7 Å². The van der Waals surface area contributed by atoms with E-state index in [2.05, 4.69) is 31.0 Å². The molecule has 28 heavy (non-hydrogen) atoms. The van der Waals surface area contributed by atoms with Gasteiger partial charge in [0.1, 0.15) is 0 Å². The number of hydrogen-bond donors (Lipinski definition) is 1. The van der Waals surface area contributed by atoms with E-state index in [0.29, 0.717) is 29.4 Å². The SMILES string of the molecule is CC1CN(C(=NCC2CCS(=O)(=O)C2)NCC2CCCCC2)CC(C)(C)C1.I. The molecule has 164 valence electrons. The van der Waals surface area contributed by atoms with E-state index in [4.69, 9.17) is 4.99 Å². The molecule has 0 radical (unpaired) electrons. The van der Waals surface area contributed by atoms with Crippen LogP contribution in [-0.4, -0.2) is 57.0 Å². The molecular formula is C21H40IN3O2S. The molecule has 3 fully saturated rings. The normalized spacial score (nSPS) is 30.7. The maximum absolute atomic E-state index is 11.8. The fraction of sp³-hybridized carbons (Fsp3) is 0.952. The molecule has 2 unspecified atom stereocenters. The van der Waals surface area contributed by atoms with Gasteiger partial charge in [-0.3, -0.25) is 4.99 Å². The van der Waals surface area contributed by atoms with Crippen molar-refractivity contribution in [2.24, 2.45) is 28.2 Å². The smallest absolute Gasteiger partial charge is 0.193 e. The largest absolute Gasteiger partial charge is 0.356 e. The molecule has 3 rings (SSSR count). The highest BCUT2D eigenvalue weighted by Gasteiger charge is 2.33. The van der Waals surface area contributed by atoms with Crippen LogP contribution in [0.2, 0.25) is 0 Å². The van der Waals surface area contributed by atoms with Gasteiger partial charge in [0.2, 0.25) is 0 Å². The molecule has 0 aromatic heterocycles. The zero-order valence-corrected chi connectivity index (χ0v) is 21.1. The van der Waals surface area contributed by atoms with E-state index in [0.717, 1.165) is 37.9 Å². The third-order valence-corrected chi connectivity index (χ3v) is 8.29. The van der Waals surface area contributed by atoms with Crippen LogP contribution < -0.4 is 5.32 Å². The Labute approximate surface area is 189 Å². The third kappa shape index (κ3) is 7.33. The van der Waals surface area contributed by atoms with Crippen molar-refractivity contribution in [1.29, 1.82) is 0 Å². The van der Waals surface area contributed by atoms with E-state index in [1.807, 2.05) is 0 Å². The lowest BCUT2D eigenvalue weighted by Gasteiger charge is -2.43. The minimum Gasteiger partial charge on any atom is -0.356 e. The van der Waals surface area contributed by atoms with E-state index >= 15 is 0 Å². The molecule has 0 aromatic carbocycles. The molecule has 0 aromatic rings. The molecule has 2 aliphatic heterocycles. The summed E-state index contributed by atoms with van der Waals surface area (Å²) in [5.74, 6) is 3.27. The van der Waals surface area contributed by atoms with Crippen molar-refractivity contribution >= 4 is 39.8 Å². The molecule has 3 aliphatic rings. The van der Waals surface area contributed by atoms with Gasteiger partial charge in [0.25, 0.3) is 0 Å². The predicted octanol–water partition coefficient (Wildman–Crippen LogP) is 3.93. The van der Waals surface area contributed by atoms with Gasteiger partial charge in [0.15, 0.2) is 15.8 Å². The van der Waals surface area contributed by atoms with Gasteiger partial charge < -0.3 is 10.2 Å². The van der Waals surface area contributed by atoms with Gasteiger partial charge in [-0.2, -0.15) is 0 Å². The number of likely N-dealkylation sites (tertiary alicyclic amines) is 1. The van der Waals surface area contributed by atoms with Crippen LogP contribution >= 0.6 is 24.0 Å². The van der Waals surface area contributed by atoms with E-state index < -0.39 is 9.84 Å². The second kappa shape index (κ2) is 10.3. The lowest BCUT2D eigenvalue weighted by Crippen LogP contribution is -2.52. The number of halogens is 1. The molecule has 7 heteroatoms. The molecule has 2 saturated heterocycles. The first kappa shape index (κ1) is 24.2. The summed E-state index contributed by atoms with van der Waals surface area (Å²) >= 11 is 0.